The number of nitriles is 1. The van der Waals surface area contributed by atoms with E-state index in [9.17, 15) is 10.1 Å². The third-order valence-electron chi connectivity index (χ3n) is 5.90. The summed E-state index contributed by atoms with van der Waals surface area (Å²) < 4.78 is 7.78. The molecule has 0 radical (unpaired) electrons. The molecular weight excluding hydrogens is 436 g/mol. The fourth-order valence-corrected chi connectivity index (χ4v) is 4.00. The number of rotatable bonds is 11. The van der Waals surface area contributed by atoms with Crippen molar-refractivity contribution < 1.29 is 9.21 Å². The number of hydrogen-bond acceptors (Lipinski definition) is 4. The maximum Gasteiger partial charge on any atom is 0.261 e. The molecule has 0 spiro atoms. The van der Waals surface area contributed by atoms with E-state index >= 15 is 0 Å². The largest absolute Gasteiger partial charge is 0.454 e. The summed E-state index contributed by atoms with van der Waals surface area (Å²) >= 11 is 0. The van der Waals surface area contributed by atoms with E-state index in [0.29, 0.717) is 23.6 Å². The quantitative estimate of drug-likeness (QED) is 0.152. The van der Waals surface area contributed by atoms with Crippen LogP contribution in [0.15, 0.2) is 76.9 Å². The van der Waals surface area contributed by atoms with Gasteiger partial charge in [0.15, 0.2) is 5.76 Å². The number of carbonyl (C=O) groups is 1. The zero-order valence-corrected chi connectivity index (χ0v) is 20.0. The Hall–Kier alpha value is -4.11. The number of nitrogens with one attached hydrogen (secondary N) is 1. The average molecular weight is 467 g/mol. The zero-order chi connectivity index (χ0) is 24.5. The smallest absolute Gasteiger partial charge is 0.261 e. The third-order valence-corrected chi connectivity index (χ3v) is 5.90. The van der Waals surface area contributed by atoms with Crippen LogP contribution in [0.5, 0.6) is 0 Å². The van der Waals surface area contributed by atoms with Gasteiger partial charge in [0, 0.05) is 23.7 Å². The topological polar surface area (TPSA) is 83.9 Å². The highest BCUT2D eigenvalue weighted by Gasteiger charge is 2.18. The Morgan fingerprint density at radius 3 is 2.57 bits per heavy atom. The maximum atomic E-state index is 12.7. The molecule has 0 fully saturated rings. The monoisotopic (exact) mass is 466 g/mol. The van der Waals surface area contributed by atoms with E-state index in [4.69, 9.17) is 9.52 Å². The molecule has 0 saturated heterocycles. The van der Waals surface area contributed by atoms with Gasteiger partial charge >= 0.3 is 0 Å². The van der Waals surface area contributed by atoms with Crippen LogP contribution in [0.4, 0.5) is 0 Å². The first-order chi connectivity index (χ1) is 17.2. The summed E-state index contributed by atoms with van der Waals surface area (Å²) in [5.41, 5.74) is 2.88. The first-order valence-electron chi connectivity index (χ1n) is 12.2. The van der Waals surface area contributed by atoms with Crippen LogP contribution < -0.4 is 5.32 Å². The number of hydrogen-bond donors (Lipinski definition) is 1. The van der Waals surface area contributed by atoms with Gasteiger partial charge in [-0.2, -0.15) is 10.4 Å². The highest BCUT2D eigenvalue weighted by atomic mass is 16.3. The number of amides is 1. The lowest BCUT2D eigenvalue weighted by Crippen LogP contribution is -2.25. The standard InChI is InChI=1S/C29H30N4O2/c1-2-3-4-5-6-12-17-31-29(34)23(20-30)18-24-21-33(25-14-8-7-9-15-25)32-28(24)27-19-22-13-10-11-16-26(22)35-27/h7-11,13-16,18-19,21H,2-6,12,17H2,1H3,(H,31,34)/b23-18+. The van der Waals surface area contributed by atoms with Crippen molar-refractivity contribution in [3.63, 3.8) is 0 Å². The predicted octanol–water partition coefficient (Wildman–Crippen LogP) is 6.67. The first kappa shape index (κ1) is 24.0. The van der Waals surface area contributed by atoms with Crippen molar-refractivity contribution in [3.8, 4) is 23.2 Å². The molecule has 1 N–H and O–H groups in total. The number of fused-ring (bicyclic) bond motifs is 1. The fourth-order valence-electron chi connectivity index (χ4n) is 4.00. The second-order valence-corrected chi connectivity index (χ2v) is 8.56. The van der Waals surface area contributed by atoms with Crippen LogP contribution in [-0.4, -0.2) is 22.2 Å². The van der Waals surface area contributed by atoms with Crippen molar-refractivity contribution in [3.05, 3.63) is 78.0 Å². The van der Waals surface area contributed by atoms with E-state index in [1.165, 1.54) is 25.7 Å². The van der Waals surface area contributed by atoms with Crippen molar-refractivity contribution in [2.24, 2.45) is 0 Å². The summed E-state index contributed by atoms with van der Waals surface area (Å²) in [6.07, 6.45) is 10.2. The molecular formula is C29H30N4O2. The Labute approximate surface area is 205 Å². The van der Waals surface area contributed by atoms with E-state index in [1.807, 2.05) is 66.9 Å². The minimum Gasteiger partial charge on any atom is -0.454 e. The predicted molar refractivity (Wildman–Crippen MR) is 139 cm³/mol. The Morgan fingerprint density at radius 2 is 1.80 bits per heavy atom. The van der Waals surface area contributed by atoms with Crippen LogP contribution >= 0.6 is 0 Å². The van der Waals surface area contributed by atoms with Gasteiger partial charge in [0.1, 0.15) is 22.9 Å². The van der Waals surface area contributed by atoms with E-state index in [-0.39, 0.29) is 11.5 Å². The van der Waals surface area contributed by atoms with Crippen molar-refractivity contribution in [1.29, 1.82) is 5.26 Å². The summed E-state index contributed by atoms with van der Waals surface area (Å²) in [6.45, 7) is 2.75. The second-order valence-electron chi connectivity index (χ2n) is 8.56. The van der Waals surface area contributed by atoms with Crippen molar-refractivity contribution in [2.45, 2.75) is 45.4 Å². The number of para-hydroxylation sites is 2. The normalized spacial score (nSPS) is 11.5. The molecule has 2 heterocycles. The van der Waals surface area contributed by atoms with Gasteiger partial charge in [0.25, 0.3) is 5.91 Å². The molecule has 4 rings (SSSR count). The minimum absolute atomic E-state index is 0.0426. The molecule has 0 saturated carbocycles. The van der Waals surface area contributed by atoms with E-state index in [2.05, 4.69) is 18.3 Å². The molecule has 6 heteroatoms. The molecule has 4 aromatic rings. The molecule has 0 aliphatic heterocycles. The Balaban J connectivity index is 1.58. The number of aromatic nitrogens is 2. The summed E-state index contributed by atoms with van der Waals surface area (Å²) in [5, 5.41) is 18.3. The molecule has 0 unspecified atom stereocenters. The van der Waals surface area contributed by atoms with Gasteiger partial charge in [-0.05, 0) is 36.8 Å². The van der Waals surface area contributed by atoms with E-state index in [0.717, 1.165) is 29.5 Å². The lowest BCUT2D eigenvalue weighted by atomic mass is 10.1. The zero-order valence-electron chi connectivity index (χ0n) is 20.0. The van der Waals surface area contributed by atoms with E-state index in [1.54, 1.807) is 10.8 Å². The van der Waals surface area contributed by atoms with Crippen LogP contribution in [-0.2, 0) is 4.79 Å². The summed E-state index contributed by atoms with van der Waals surface area (Å²) in [5.74, 6) is 0.209. The maximum absolute atomic E-state index is 12.7. The Kier molecular flexibility index (Phi) is 8.13. The molecule has 0 aliphatic carbocycles. The number of unbranched alkanes of at least 4 members (excludes halogenated alkanes) is 5. The number of nitrogens with zero attached hydrogens (tertiary/aromatic N) is 3. The van der Waals surface area contributed by atoms with Crippen molar-refractivity contribution in [1.82, 2.24) is 15.1 Å². The number of benzene rings is 2. The molecule has 0 aliphatic rings. The van der Waals surface area contributed by atoms with Crippen molar-refractivity contribution in [2.75, 3.05) is 6.54 Å². The van der Waals surface area contributed by atoms with Gasteiger partial charge in [0.2, 0.25) is 0 Å². The van der Waals surface area contributed by atoms with Gasteiger partial charge in [-0.1, -0.05) is 75.4 Å². The molecule has 6 nitrogen and oxygen atoms in total. The summed E-state index contributed by atoms with van der Waals surface area (Å²) in [4.78, 5) is 12.7. The minimum atomic E-state index is -0.371. The van der Waals surface area contributed by atoms with Gasteiger partial charge in [0.05, 0.1) is 5.69 Å². The summed E-state index contributed by atoms with van der Waals surface area (Å²) in [6, 6.07) is 21.4. The lowest BCUT2D eigenvalue weighted by molar-refractivity contribution is -0.117. The van der Waals surface area contributed by atoms with Crippen LogP contribution in [0.2, 0.25) is 0 Å². The number of furan rings is 1. The number of carbonyl (C=O) groups excluding carboxylic acids is 1. The third kappa shape index (κ3) is 6.07. The summed E-state index contributed by atoms with van der Waals surface area (Å²) in [7, 11) is 0. The molecule has 2 aromatic carbocycles. The first-order valence-corrected chi connectivity index (χ1v) is 12.2. The molecule has 0 bridgehead atoms. The van der Waals surface area contributed by atoms with Crippen LogP contribution in [0, 0.1) is 11.3 Å². The van der Waals surface area contributed by atoms with E-state index < -0.39 is 0 Å². The highest BCUT2D eigenvalue weighted by Crippen LogP contribution is 2.31. The van der Waals surface area contributed by atoms with Gasteiger partial charge in [-0.25, -0.2) is 4.68 Å². The highest BCUT2D eigenvalue weighted by molar-refractivity contribution is 6.02. The SMILES string of the molecule is CCCCCCCCNC(=O)/C(C#N)=C/c1cn(-c2ccccc2)nc1-c1cc2ccccc2o1. The van der Waals surface area contributed by atoms with Crippen LogP contribution in [0.25, 0.3) is 34.2 Å². The molecule has 0 atom stereocenters. The molecule has 2 aromatic heterocycles. The van der Waals surface area contributed by atoms with Crippen molar-refractivity contribution >= 4 is 23.0 Å². The molecule has 178 valence electrons. The average Bonchev–Trinajstić information content (AvgIpc) is 3.51. The molecule has 35 heavy (non-hydrogen) atoms. The fraction of sp³-hybridized carbons (Fsp3) is 0.276. The lowest BCUT2D eigenvalue weighted by Gasteiger charge is -2.04. The van der Waals surface area contributed by atoms with Crippen LogP contribution in [0.3, 0.4) is 0 Å². The Morgan fingerprint density at radius 1 is 1.06 bits per heavy atom. The van der Waals surface area contributed by atoms with Gasteiger partial charge in [-0.15, -0.1) is 0 Å². The second kappa shape index (κ2) is 11.8. The van der Waals surface area contributed by atoms with Gasteiger partial charge in [-0.3, -0.25) is 4.79 Å². The Bertz CT molecular complexity index is 1310. The van der Waals surface area contributed by atoms with Gasteiger partial charge < -0.3 is 9.73 Å². The molecule has 1 amide bonds. The van der Waals surface area contributed by atoms with Crippen LogP contribution in [0.1, 0.15) is 51.0 Å².